The normalized spacial score (nSPS) is 9.85. The SMILES string of the molecule is Nc1nc(Nc2ccccn2)n[nH]1. The summed E-state index contributed by atoms with van der Waals surface area (Å²) in [7, 11) is 0. The highest BCUT2D eigenvalue weighted by Gasteiger charge is 1.99. The predicted molar refractivity (Wildman–Crippen MR) is 48.3 cm³/mol. The van der Waals surface area contributed by atoms with Crippen LogP contribution in [0.5, 0.6) is 0 Å². The number of hydrogen-bond donors (Lipinski definition) is 3. The lowest BCUT2D eigenvalue weighted by molar-refractivity contribution is 1.10. The molecular weight excluding hydrogens is 168 g/mol. The van der Waals surface area contributed by atoms with Gasteiger partial charge in [-0.1, -0.05) is 6.07 Å². The number of anilines is 3. The van der Waals surface area contributed by atoms with E-state index in [-0.39, 0.29) is 5.95 Å². The van der Waals surface area contributed by atoms with Crippen molar-refractivity contribution in [3.63, 3.8) is 0 Å². The first-order chi connectivity index (χ1) is 6.34. The van der Waals surface area contributed by atoms with Gasteiger partial charge in [-0.3, -0.25) is 0 Å². The van der Waals surface area contributed by atoms with Gasteiger partial charge in [0.05, 0.1) is 0 Å². The van der Waals surface area contributed by atoms with Crippen molar-refractivity contribution >= 4 is 17.7 Å². The van der Waals surface area contributed by atoms with Gasteiger partial charge in [-0.2, -0.15) is 4.98 Å². The van der Waals surface area contributed by atoms with E-state index in [0.717, 1.165) is 0 Å². The number of nitrogens with two attached hydrogens (primary N) is 1. The van der Waals surface area contributed by atoms with E-state index >= 15 is 0 Å². The second-order valence-electron chi connectivity index (χ2n) is 2.38. The highest BCUT2D eigenvalue weighted by atomic mass is 15.3. The molecule has 66 valence electrons. The zero-order valence-corrected chi connectivity index (χ0v) is 6.73. The molecule has 0 saturated heterocycles. The van der Waals surface area contributed by atoms with E-state index in [9.17, 15) is 0 Å². The zero-order valence-electron chi connectivity index (χ0n) is 6.73. The fourth-order valence-electron chi connectivity index (χ4n) is 0.881. The molecule has 0 spiro atoms. The van der Waals surface area contributed by atoms with Crippen LogP contribution in [0.4, 0.5) is 17.7 Å². The molecule has 2 aromatic heterocycles. The first kappa shape index (κ1) is 7.53. The molecule has 2 aromatic rings. The van der Waals surface area contributed by atoms with Crippen LogP contribution in [0.3, 0.4) is 0 Å². The van der Waals surface area contributed by atoms with Crippen molar-refractivity contribution in [1.29, 1.82) is 0 Å². The van der Waals surface area contributed by atoms with Crippen molar-refractivity contribution < 1.29 is 0 Å². The maximum atomic E-state index is 5.34. The lowest BCUT2D eigenvalue weighted by atomic mass is 10.5. The number of pyridine rings is 1. The number of nitrogens with one attached hydrogen (secondary N) is 2. The van der Waals surface area contributed by atoms with Gasteiger partial charge >= 0.3 is 0 Å². The van der Waals surface area contributed by atoms with E-state index in [0.29, 0.717) is 11.8 Å². The van der Waals surface area contributed by atoms with Gasteiger partial charge in [-0.05, 0) is 12.1 Å². The van der Waals surface area contributed by atoms with Gasteiger partial charge in [0, 0.05) is 6.20 Å². The Kier molecular flexibility index (Phi) is 1.79. The average molecular weight is 176 g/mol. The molecule has 0 aromatic carbocycles. The second kappa shape index (κ2) is 3.10. The third-order valence-electron chi connectivity index (χ3n) is 1.41. The van der Waals surface area contributed by atoms with Gasteiger partial charge in [-0.15, -0.1) is 5.10 Å². The van der Waals surface area contributed by atoms with Crippen LogP contribution in [0.1, 0.15) is 0 Å². The summed E-state index contributed by atoms with van der Waals surface area (Å²) in [6.45, 7) is 0. The zero-order chi connectivity index (χ0) is 9.10. The van der Waals surface area contributed by atoms with Crippen molar-refractivity contribution in [1.82, 2.24) is 20.2 Å². The van der Waals surface area contributed by atoms with Crippen LogP contribution in [-0.4, -0.2) is 20.2 Å². The number of aromatic amines is 1. The third kappa shape index (κ3) is 1.73. The molecule has 0 unspecified atom stereocenters. The van der Waals surface area contributed by atoms with Crippen LogP contribution in [0.15, 0.2) is 24.4 Å². The van der Waals surface area contributed by atoms with E-state index in [4.69, 9.17) is 5.73 Å². The van der Waals surface area contributed by atoms with E-state index < -0.39 is 0 Å². The fraction of sp³-hybridized carbons (Fsp3) is 0. The second-order valence-corrected chi connectivity index (χ2v) is 2.38. The highest BCUT2D eigenvalue weighted by molar-refractivity contribution is 5.47. The van der Waals surface area contributed by atoms with Crippen LogP contribution in [0, 0.1) is 0 Å². The van der Waals surface area contributed by atoms with Gasteiger partial charge in [-0.25, -0.2) is 10.1 Å². The van der Waals surface area contributed by atoms with Crippen LogP contribution < -0.4 is 11.1 Å². The molecular formula is C7H8N6. The lowest BCUT2D eigenvalue weighted by Crippen LogP contribution is -1.94. The van der Waals surface area contributed by atoms with Gasteiger partial charge in [0.25, 0.3) is 0 Å². The minimum Gasteiger partial charge on any atom is -0.368 e. The predicted octanol–water partition coefficient (Wildman–Crippen LogP) is 0.525. The largest absolute Gasteiger partial charge is 0.368 e. The van der Waals surface area contributed by atoms with Gasteiger partial charge in [0.2, 0.25) is 11.9 Å². The van der Waals surface area contributed by atoms with Crippen LogP contribution >= 0.6 is 0 Å². The van der Waals surface area contributed by atoms with E-state index in [1.165, 1.54) is 0 Å². The Hall–Kier alpha value is -2.11. The molecule has 0 bridgehead atoms. The smallest absolute Gasteiger partial charge is 0.249 e. The van der Waals surface area contributed by atoms with E-state index in [1.807, 2.05) is 18.2 Å². The molecule has 0 saturated carbocycles. The lowest BCUT2D eigenvalue weighted by Gasteiger charge is -1.97. The first-order valence-electron chi connectivity index (χ1n) is 3.70. The summed E-state index contributed by atoms with van der Waals surface area (Å²) >= 11 is 0. The fourth-order valence-corrected chi connectivity index (χ4v) is 0.881. The summed E-state index contributed by atoms with van der Waals surface area (Å²) in [5, 5.41) is 9.19. The van der Waals surface area contributed by atoms with Crippen molar-refractivity contribution in [2.45, 2.75) is 0 Å². The summed E-state index contributed by atoms with van der Waals surface area (Å²) in [4.78, 5) is 7.90. The van der Waals surface area contributed by atoms with Gasteiger partial charge < -0.3 is 11.1 Å². The monoisotopic (exact) mass is 176 g/mol. The van der Waals surface area contributed by atoms with Crippen molar-refractivity contribution in [2.24, 2.45) is 0 Å². The Labute approximate surface area is 74.2 Å². The summed E-state index contributed by atoms with van der Waals surface area (Å²) < 4.78 is 0. The molecule has 13 heavy (non-hydrogen) atoms. The summed E-state index contributed by atoms with van der Waals surface area (Å²) in [6, 6.07) is 5.51. The minimum absolute atomic E-state index is 0.276. The Balaban J connectivity index is 2.15. The van der Waals surface area contributed by atoms with Gasteiger partial charge in [0.15, 0.2) is 0 Å². The molecule has 2 rings (SSSR count). The maximum absolute atomic E-state index is 5.34. The molecule has 0 radical (unpaired) electrons. The molecule has 6 nitrogen and oxygen atoms in total. The maximum Gasteiger partial charge on any atom is 0.249 e. The Morgan fingerprint density at radius 3 is 2.92 bits per heavy atom. The topological polar surface area (TPSA) is 92.5 Å². The van der Waals surface area contributed by atoms with Crippen LogP contribution in [-0.2, 0) is 0 Å². The molecule has 6 heteroatoms. The molecule has 0 amide bonds. The van der Waals surface area contributed by atoms with Crippen LogP contribution in [0.2, 0.25) is 0 Å². The number of nitrogens with zero attached hydrogens (tertiary/aromatic N) is 3. The van der Waals surface area contributed by atoms with Crippen molar-refractivity contribution in [2.75, 3.05) is 11.1 Å². The third-order valence-corrected chi connectivity index (χ3v) is 1.41. The number of hydrogen-bond acceptors (Lipinski definition) is 5. The Morgan fingerprint density at radius 2 is 2.31 bits per heavy atom. The first-order valence-corrected chi connectivity index (χ1v) is 3.70. The molecule has 0 fully saturated rings. The molecule has 0 aliphatic heterocycles. The van der Waals surface area contributed by atoms with E-state index in [1.54, 1.807) is 6.20 Å². The molecule has 0 aliphatic rings. The molecule has 2 heterocycles. The van der Waals surface area contributed by atoms with Gasteiger partial charge in [0.1, 0.15) is 5.82 Å². The standard InChI is InChI=1S/C7H8N6/c8-6-11-7(13-12-6)10-5-3-1-2-4-9-5/h1-4H,(H4,8,9,10,11,12,13). The molecule has 0 aliphatic carbocycles. The number of nitrogen functional groups attached to an aromatic ring is 1. The number of H-pyrrole nitrogens is 1. The number of aromatic nitrogens is 4. The average Bonchev–Trinajstić information content (AvgIpc) is 2.53. The van der Waals surface area contributed by atoms with E-state index in [2.05, 4.69) is 25.5 Å². The summed E-state index contributed by atoms with van der Waals surface area (Å²) in [5.74, 6) is 1.37. The Morgan fingerprint density at radius 1 is 1.38 bits per heavy atom. The quantitative estimate of drug-likeness (QED) is 0.620. The number of rotatable bonds is 2. The highest BCUT2D eigenvalue weighted by Crippen LogP contribution is 2.07. The van der Waals surface area contributed by atoms with Crippen molar-refractivity contribution in [3.05, 3.63) is 24.4 Å². The van der Waals surface area contributed by atoms with Crippen LogP contribution in [0.25, 0.3) is 0 Å². The Bertz CT molecular complexity index is 381. The minimum atomic E-state index is 0.276. The molecule has 0 atom stereocenters. The summed E-state index contributed by atoms with van der Waals surface area (Å²) in [6.07, 6.45) is 1.68. The summed E-state index contributed by atoms with van der Waals surface area (Å²) in [5.41, 5.74) is 5.34. The molecule has 4 N–H and O–H groups in total. The van der Waals surface area contributed by atoms with Crippen molar-refractivity contribution in [3.8, 4) is 0 Å².